The fraction of sp³-hybridized carbons (Fsp3) is 0.158. The summed E-state index contributed by atoms with van der Waals surface area (Å²) in [5.74, 6) is 1.76. The molecule has 1 aliphatic carbocycles. The van der Waals surface area contributed by atoms with Gasteiger partial charge in [-0.05, 0) is 48.9 Å². The van der Waals surface area contributed by atoms with E-state index in [0.29, 0.717) is 32.8 Å². The molecule has 1 saturated carbocycles. The van der Waals surface area contributed by atoms with E-state index >= 15 is 0 Å². The maximum Gasteiger partial charge on any atom is 0.202 e. The van der Waals surface area contributed by atoms with E-state index in [1.54, 1.807) is 24.7 Å². The maximum atomic E-state index is 6.22. The van der Waals surface area contributed by atoms with Crippen molar-refractivity contribution in [3.8, 4) is 17.2 Å². The van der Waals surface area contributed by atoms with Crippen molar-refractivity contribution >= 4 is 35.0 Å². The van der Waals surface area contributed by atoms with Gasteiger partial charge in [0.1, 0.15) is 21.7 Å². The van der Waals surface area contributed by atoms with E-state index in [2.05, 4.69) is 30.1 Å². The summed E-state index contributed by atoms with van der Waals surface area (Å²) in [5.41, 5.74) is 1.46. The summed E-state index contributed by atoms with van der Waals surface area (Å²) in [6.07, 6.45) is 7.09. The van der Waals surface area contributed by atoms with E-state index in [1.807, 2.05) is 28.8 Å². The van der Waals surface area contributed by atoms with Crippen LogP contribution in [0.25, 0.3) is 17.2 Å². The normalized spacial score (nSPS) is 13.6. The van der Waals surface area contributed by atoms with Crippen molar-refractivity contribution in [3.63, 3.8) is 0 Å². The summed E-state index contributed by atoms with van der Waals surface area (Å²) in [7, 11) is 0. The van der Waals surface area contributed by atoms with Gasteiger partial charge in [-0.1, -0.05) is 23.2 Å². The molecule has 3 aromatic heterocycles. The fourth-order valence-corrected chi connectivity index (χ4v) is 4.07. The lowest BCUT2D eigenvalue weighted by Gasteiger charge is -2.10. The SMILES string of the molecule is Clc1ccc(-n2c(Sc3cc(Cl)nc(C4CC4)n3)nnc2-c2cnccn2)cc1. The zero-order valence-electron chi connectivity index (χ0n) is 14.9. The van der Waals surface area contributed by atoms with Crippen LogP contribution in [0.4, 0.5) is 0 Å². The minimum Gasteiger partial charge on any atom is -0.268 e. The van der Waals surface area contributed by atoms with Crippen LogP contribution in [0.5, 0.6) is 0 Å². The predicted molar refractivity (Wildman–Crippen MR) is 111 cm³/mol. The summed E-state index contributed by atoms with van der Waals surface area (Å²) >= 11 is 13.7. The molecule has 0 unspecified atom stereocenters. The Hall–Kier alpha value is -2.55. The van der Waals surface area contributed by atoms with Gasteiger partial charge >= 0.3 is 0 Å². The highest BCUT2D eigenvalue weighted by Gasteiger charge is 2.28. The Morgan fingerprint density at radius 2 is 1.83 bits per heavy atom. The van der Waals surface area contributed by atoms with Crippen molar-refractivity contribution < 1.29 is 0 Å². The van der Waals surface area contributed by atoms with E-state index in [0.717, 1.165) is 29.4 Å². The second-order valence-corrected chi connectivity index (χ2v) is 8.28. The molecule has 0 saturated heterocycles. The molecule has 1 aliphatic rings. The lowest BCUT2D eigenvalue weighted by molar-refractivity contribution is 0.858. The summed E-state index contributed by atoms with van der Waals surface area (Å²) < 4.78 is 1.90. The molecule has 0 N–H and O–H groups in total. The monoisotopic (exact) mass is 441 g/mol. The summed E-state index contributed by atoms with van der Waals surface area (Å²) in [4.78, 5) is 17.5. The van der Waals surface area contributed by atoms with Crippen LogP contribution in [0.15, 0.2) is 59.1 Å². The van der Waals surface area contributed by atoms with Crippen molar-refractivity contribution in [2.75, 3.05) is 0 Å². The number of nitrogens with zero attached hydrogens (tertiary/aromatic N) is 7. The van der Waals surface area contributed by atoms with E-state index < -0.39 is 0 Å². The standard InChI is InChI=1S/C19H13Cl2N7S/c20-12-3-5-13(6-4-12)28-18(14-10-22-7-8-23-14)26-27-19(28)29-16-9-15(21)24-17(25-16)11-1-2-11/h3-11H,1-2H2. The van der Waals surface area contributed by atoms with Crippen LogP contribution in [0.1, 0.15) is 24.6 Å². The Balaban J connectivity index is 1.60. The Morgan fingerprint density at radius 1 is 1.00 bits per heavy atom. The quantitative estimate of drug-likeness (QED) is 0.409. The number of hydrogen-bond donors (Lipinski definition) is 0. The number of rotatable bonds is 5. The predicted octanol–water partition coefficient (Wildman–Crippen LogP) is 4.85. The van der Waals surface area contributed by atoms with Crippen LogP contribution in [0, 0.1) is 0 Å². The second kappa shape index (κ2) is 7.70. The molecule has 0 bridgehead atoms. The molecule has 29 heavy (non-hydrogen) atoms. The molecule has 0 amide bonds. The van der Waals surface area contributed by atoms with Crippen LogP contribution in [-0.2, 0) is 0 Å². The van der Waals surface area contributed by atoms with Gasteiger partial charge in [0.25, 0.3) is 0 Å². The first kappa shape index (κ1) is 18.5. The second-order valence-electron chi connectivity index (χ2n) is 6.47. The first-order valence-corrected chi connectivity index (χ1v) is 10.4. The third-order valence-corrected chi connectivity index (χ3v) is 5.65. The maximum absolute atomic E-state index is 6.22. The van der Waals surface area contributed by atoms with Crippen LogP contribution in [0.2, 0.25) is 10.2 Å². The van der Waals surface area contributed by atoms with Gasteiger partial charge in [-0.3, -0.25) is 9.55 Å². The molecule has 3 heterocycles. The molecule has 0 spiro atoms. The molecular weight excluding hydrogens is 429 g/mol. The van der Waals surface area contributed by atoms with Crippen LogP contribution in [0.3, 0.4) is 0 Å². The van der Waals surface area contributed by atoms with Crippen molar-refractivity contribution in [2.24, 2.45) is 0 Å². The van der Waals surface area contributed by atoms with Gasteiger partial charge in [0.15, 0.2) is 5.82 Å². The van der Waals surface area contributed by atoms with E-state index in [-0.39, 0.29) is 0 Å². The average molecular weight is 442 g/mol. The zero-order valence-corrected chi connectivity index (χ0v) is 17.2. The fourth-order valence-electron chi connectivity index (χ4n) is 2.82. The number of halogens is 2. The number of hydrogen-bond acceptors (Lipinski definition) is 7. The van der Waals surface area contributed by atoms with E-state index in [9.17, 15) is 0 Å². The molecular formula is C19H13Cl2N7S. The van der Waals surface area contributed by atoms with Crippen molar-refractivity contribution in [1.82, 2.24) is 34.7 Å². The smallest absolute Gasteiger partial charge is 0.202 e. The molecule has 144 valence electrons. The van der Waals surface area contributed by atoms with Gasteiger partial charge in [0.05, 0.1) is 6.20 Å². The van der Waals surface area contributed by atoms with E-state index in [4.69, 9.17) is 23.2 Å². The highest BCUT2D eigenvalue weighted by Crippen LogP contribution is 2.40. The first-order chi connectivity index (χ1) is 14.2. The Labute approximate surface area is 180 Å². The van der Waals surface area contributed by atoms with Gasteiger partial charge in [-0.15, -0.1) is 10.2 Å². The molecule has 10 heteroatoms. The molecule has 7 nitrogen and oxygen atoms in total. The van der Waals surface area contributed by atoms with Crippen LogP contribution >= 0.6 is 35.0 Å². The largest absolute Gasteiger partial charge is 0.268 e. The van der Waals surface area contributed by atoms with Gasteiger partial charge in [-0.2, -0.15) is 0 Å². The van der Waals surface area contributed by atoms with Gasteiger partial charge in [0.2, 0.25) is 5.16 Å². The highest BCUT2D eigenvalue weighted by atomic mass is 35.5. The zero-order chi connectivity index (χ0) is 19.8. The molecule has 1 aromatic carbocycles. The van der Waals surface area contributed by atoms with Gasteiger partial charge < -0.3 is 0 Å². The van der Waals surface area contributed by atoms with Crippen molar-refractivity contribution in [3.05, 3.63) is 64.9 Å². The molecule has 1 fully saturated rings. The molecule has 0 radical (unpaired) electrons. The molecule has 0 atom stereocenters. The summed E-state index contributed by atoms with van der Waals surface area (Å²) in [6.45, 7) is 0. The summed E-state index contributed by atoms with van der Waals surface area (Å²) in [5, 5.41) is 11.2. The van der Waals surface area contributed by atoms with Crippen molar-refractivity contribution in [2.45, 2.75) is 28.9 Å². The Kier molecular flexibility index (Phi) is 4.91. The van der Waals surface area contributed by atoms with Crippen molar-refractivity contribution in [1.29, 1.82) is 0 Å². The van der Waals surface area contributed by atoms with Gasteiger partial charge in [0, 0.05) is 35.1 Å². The minimum atomic E-state index is 0.400. The minimum absolute atomic E-state index is 0.400. The lowest BCUT2D eigenvalue weighted by atomic mass is 10.3. The third-order valence-electron chi connectivity index (χ3n) is 4.34. The molecule has 5 rings (SSSR count). The Morgan fingerprint density at radius 3 is 2.55 bits per heavy atom. The van der Waals surface area contributed by atoms with Crippen LogP contribution in [-0.4, -0.2) is 34.7 Å². The topological polar surface area (TPSA) is 82.3 Å². The Bertz CT molecular complexity index is 1160. The molecule has 4 aromatic rings. The summed E-state index contributed by atoms with van der Waals surface area (Å²) in [6, 6.07) is 9.18. The van der Waals surface area contributed by atoms with Crippen LogP contribution < -0.4 is 0 Å². The molecule has 0 aliphatic heterocycles. The lowest BCUT2D eigenvalue weighted by Crippen LogP contribution is -2.01. The third kappa shape index (κ3) is 3.96. The first-order valence-electron chi connectivity index (χ1n) is 8.87. The number of benzene rings is 1. The van der Waals surface area contributed by atoms with Gasteiger partial charge in [-0.25, -0.2) is 15.0 Å². The highest BCUT2D eigenvalue weighted by molar-refractivity contribution is 7.99. The average Bonchev–Trinajstić information content (AvgIpc) is 3.50. The number of aromatic nitrogens is 7. The van der Waals surface area contributed by atoms with E-state index in [1.165, 1.54) is 11.8 Å².